The summed E-state index contributed by atoms with van der Waals surface area (Å²) in [5.74, 6) is -1.16. The van der Waals surface area contributed by atoms with Crippen molar-refractivity contribution in [2.45, 2.75) is 35.0 Å². The van der Waals surface area contributed by atoms with Crippen molar-refractivity contribution in [1.29, 1.82) is 0 Å². The van der Waals surface area contributed by atoms with E-state index in [0.717, 1.165) is 15.9 Å². The Labute approximate surface area is 120 Å². The third kappa shape index (κ3) is 4.16. The van der Waals surface area contributed by atoms with Crippen molar-refractivity contribution in [2.24, 2.45) is 0 Å². The summed E-state index contributed by atoms with van der Waals surface area (Å²) in [6, 6.07) is 4.80. The fourth-order valence-corrected chi connectivity index (χ4v) is 4.77. The molecule has 5 heteroatoms. The van der Waals surface area contributed by atoms with Crippen LogP contribution in [0.25, 0.3) is 0 Å². The van der Waals surface area contributed by atoms with Gasteiger partial charge in [0.1, 0.15) is 0 Å². The fraction of sp³-hybridized carbons (Fsp3) is 0.462. The van der Waals surface area contributed by atoms with Gasteiger partial charge in [-0.25, -0.2) is 0 Å². The Morgan fingerprint density at radius 1 is 1.50 bits per heavy atom. The van der Waals surface area contributed by atoms with E-state index in [0.29, 0.717) is 3.92 Å². The second-order valence-electron chi connectivity index (χ2n) is 4.08. The fourth-order valence-electron chi connectivity index (χ4n) is 1.49. The predicted octanol–water partition coefficient (Wildman–Crippen LogP) is 0.721. The molecule has 0 aliphatic carbocycles. The first-order valence-corrected chi connectivity index (χ1v) is 8.78. The number of halogens is 2. The van der Waals surface area contributed by atoms with Gasteiger partial charge in [0.05, 0.1) is 0 Å². The number of benzene rings is 1. The maximum absolute atomic E-state index is 13.8. The van der Waals surface area contributed by atoms with Crippen molar-refractivity contribution in [3.05, 3.63) is 35.1 Å². The van der Waals surface area contributed by atoms with Crippen LogP contribution >= 0.6 is 9.47 Å². The summed E-state index contributed by atoms with van der Waals surface area (Å²) in [7, 11) is 1.84. The van der Waals surface area contributed by atoms with Gasteiger partial charge in [-0.15, -0.1) is 0 Å². The summed E-state index contributed by atoms with van der Waals surface area (Å²) in [6.07, 6.45) is 1.16. The van der Waals surface area contributed by atoms with E-state index < -0.39 is 11.8 Å². The van der Waals surface area contributed by atoms with Crippen molar-refractivity contribution < 1.29 is 34.9 Å². The van der Waals surface area contributed by atoms with Crippen LogP contribution in [0.2, 0.25) is 0 Å². The van der Waals surface area contributed by atoms with Crippen LogP contribution in [0.1, 0.15) is 47.0 Å². The van der Waals surface area contributed by atoms with Crippen molar-refractivity contribution in [3.63, 3.8) is 0 Å². The Hall–Kier alpha value is -0.220. The molecule has 0 saturated carbocycles. The standard InChI is InChI=1S/C13H18FIO2P/c1-4-8(2)15-9(3)10-5-6-11(12(14)7-10)13(16)17-18/h5-9H,4,18H2,1-3H3/q-1. The van der Waals surface area contributed by atoms with Gasteiger partial charge in [-0.3, -0.25) is 0 Å². The first-order chi connectivity index (χ1) is 8.49. The second kappa shape index (κ2) is 7.39. The van der Waals surface area contributed by atoms with Crippen LogP contribution in [0, 0.1) is 5.82 Å². The predicted molar refractivity (Wildman–Crippen MR) is 69.7 cm³/mol. The van der Waals surface area contributed by atoms with Crippen LogP contribution in [0.4, 0.5) is 4.39 Å². The Bertz CT molecular complexity index is 425. The van der Waals surface area contributed by atoms with Gasteiger partial charge in [0.25, 0.3) is 0 Å². The van der Waals surface area contributed by atoms with Gasteiger partial charge in [0, 0.05) is 0 Å². The SMILES string of the molecule is CCC(C)[I-]C(C)c1ccc(C(=O)OP)c(F)c1. The molecule has 0 bridgehead atoms. The average molecular weight is 383 g/mol. The molecule has 0 N–H and O–H groups in total. The number of carbonyl (C=O) groups excluding carboxylic acids is 1. The molecule has 3 unspecified atom stereocenters. The minimum atomic E-state index is -0.659. The zero-order valence-corrected chi connectivity index (χ0v) is 14.1. The van der Waals surface area contributed by atoms with Crippen LogP contribution in [-0.4, -0.2) is 9.89 Å². The van der Waals surface area contributed by atoms with Crippen LogP contribution in [0.15, 0.2) is 18.2 Å². The molecule has 0 fully saturated rings. The molecule has 1 aromatic rings. The van der Waals surface area contributed by atoms with Crippen molar-refractivity contribution >= 4 is 15.4 Å². The third-order valence-electron chi connectivity index (χ3n) is 2.75. The van der Waals surface area contributed by atoms with Gasteiger partial charge in [-0.1, -0.05) is 0 Å². The molecule has 0 amide bonds. The number of hydrogen-bond donors (Lipinski definition) is 0. The van der Waals surface area contributed by atoms with Gasteiger partial charge in [0.2, 0.25) is 0 Å². The number of carbonyl (C=O) groups is 1. The van der Waals surface area contributed by atoms with E-state index in [1.165, 1.54) is 12.1 Å². The van der Waals surface area contributed by atoms with Crippen molar-refractivity contribution in [1.82, 2.24) is 0 Å². The first-order valence-electron chi connectivity index (χ1n) is 5.82. The molecule has 2 nitrogen and oxygen atoms in total. The molecule has 0 radical (unpaired) electrons. The summed E-state index contributed by atoms with van der Waals surface area (Å²) < 4.78 is 19.3. The van der Waals surface area contributed by atoms with Gasteiger partial charge >= 0.3 is 121 Å². The van der Waals surface area contributed by atoms with Gasteiger partial charge in [0.15, 0.2) is 0 Å². The number of alkyl halides is 2. The number of rotatable bonds is 5. The van der Waals surface area contributed by atoms with E-state index in [9.17, 15) is 9.18 Å². The van der Waals surface area contributed by atoms with E-state index in [1.807, 2.05) is 15.5 Å². The van der Waals surface area contributed by atoms with Gasteiger partial charge in [-0.2, -0.15) is 0 Å². The van der Waals surface area contributed by atoms with Crippen LogP contribution in [0.3, 0.4) is 0 Å². The zero-order chi connectivity index (χ0) is 13.7. The molecule has 0 spiro atoms. The Morgan fingerprint density at radius 2 is 2.17 bits per heavy atom. The molecular formula is C13H18FIO2P-. The van der Waals surface area contributed by atoms with E-state index in [1.54, 1.807) is 0 Å². The molecule has 0 aliphatic heterocycles. The second-order valence-corrected chi connectivity index (χ2v) is 9.03. The molecular weight excluding hydrogens is 365 g/mol. The topological polar surface area (TPSA) is 26.3 Å². The maximum atomic E-state index is 13.8. The molecule has 0 aliphatic rings. The normalized spacial score (nSPS) is 14.3. The average Bonchev–Trinajstić information content (AvgIpc) is 2.37. The molecule has 0 aromatic heterocycles. The number of hydrogen-bond acceptors (Lipinski definition) is 2. The molecule has 102 valence electrons. The molecule has 1 rings (SSSR count). The third-order valence-corrected chi connectivity index (χ3v) is 6.87. The Balaban J connectivity index is 2.87. The van der Waals surface area contributed by atoms with Crippen LogP contribution in [0.5, 0.6) is 0 Å². The molecule has 18 heavy (non-hydrogen) atoms. The van der Waals surface area contributed by atoms with Crippen LogP contribution in [-0.2, 0) is 4.52 Å². The monoisotopic (exact) mass is 383 g/mol. The Kier molecular flexibility index (Phi) is 6.50. The molecule has 0 saturated heterocycles. The van der Waals surface area contributed by atoms with Gasteiger partial charge < -0.3 is 0 Å². The zero-order valence-electron chi connectivity index (χ0n) is 10.7. The summed E-state index contributed by atoms with van der Waals surface area (Å²) in [5.41, 5.74) is 0.962. The summed E-state index contributed by atoms with van der Waals surface area (Å²) in [5, 5.41) is 0. The quantitative estimate of drug-likeness (QED) is 0.426. The van der Waals surface area contributed by atoms with Crippen LogP contribution < -0.4 is 21.2 Å². The minimum absolute atomic E-state index is 0.00864. The van der Waals surface area contributed by atoms with E-state index in [-0.39, 0.29) is 26.8 Å². The first kappa shape index (κ1) is 15.8. The molecule has 1 aromatic carbocycles. The summed E-state index contributed by atoms with van der Waals surface area (Å²) in [4.78, 5) is 11.3. The van der Waals surface area contributed by atoms with Crippen molar-refractivity contribution in [2.75, 3.05) is 0 Å². The van der Waals surface area contributed by atoms with Crippen molar-refractivity contribution in [3.8, 4) is 0 Å². The molecule has 0 heterocycles. The molecule has 3 atom stereocenters. The Morgan fingerprint density at radius 3 is 2.67 bits per heavy atom. The van der Waals surface area contributed by atoms with E-state index in [4.69, 9.17) is 0 Å². The van der Waals surface area contributed by atoms with Gasteiger partial charge in [-0.05, 0) is 0 Å². The van der Waals surface area contributed by atoms with E-state index >= 15 is 0 Å². The van der Waals surface area contributed by atoms with E-state index in [2.05, 4.69) is 25.3 Å². The summed E-state index contributed by atoms with van der Waals surface area (Å²) >= 11 is -0.00864. The summed E-state index contributed by atoms with van der Waals surface area (Å²) in [6.45, 7) is 6.54.